The smallest absolute Gasteiger partial charge is 0.138 e. The molecule has 0 aliphatic rings. The van der Waals surface area contributed by atoms with Gasteiger partial charge in [0, 0.05) is 35.3 Å². The Bertz CT molecular complexity index is 2490. The van der Waals surface area contributed by atoms with Crippen molar-refractivity contribution in [2.45, 2.75) is 81.6 Å². The predicted octanol–water partition coefficient (Wildman–Crippen LogP) is 13.6. The lowest BCUT2D eigenvalue weighted by atomic mass is 9.86. The van der Waals surface area contributed by atoms with Gasteiger partial charge in [-0.2, -0.15) is 5.10 Å². The number of aryl methyl sites for hydroxylation is 7. The summed E-state index contributed by atoms with van der Waals surface area (Å²) < 4.78 is 8.88. The number of para-hydroxylation sites is 1. The fourth-order valence-electron chi connectivity index (χ4n) is 8.17. The fraction of sp³-hybridized carbons (Fsp3) is 0.240. The molecule has 7 rings (SSSR count). The van der Waals surface area contributed by atoms with E-state index in [0.29, 0.717) is 0 Å². The normalized spacial score (nSPS) is 11.5. The molecule has 278 valence electrons. The Balaban J connectivity index is 1.30. The number of anilines is 3. The maximum atomic E-state index is 6.80. The highest BCUT2D eigenvalue weighted by atomic mass is 16.5. The number of hydrogen-bond acceptors (Lipinski definition) is 4. The predicted molar refractivity (Wildman–Crippen MR) is 230 cm³/mol. The molecule has 0 fully saturated rings. The van der Waals surface area contributed by atoms with E-state index in [9.17, 15) is 0 Å². The molecule has 5 nitrogen and oxygen atoms in total. The van der Waals surface area contributed by atoms with E-state index in [2.05, 4.69) is 177 Å². The van der Waals surface area contributed by atoms with Crippen LogP contribution >= 0.6 is 0 Å². The molecule has 0 saturated carbocycles. The van der Waals surface area contributed by atoms with Gasteiger partial charge < -0.3 is 4.74 Å². The van der Waals surface area contributed by atoms with E-state index in [-0.39, 0.29) is 5.41 Å². The Morgan fingerprint density at radius 2 is 1.18 bits per heavy atom. The minimum Gasteiger partial charge on any atom is -0.457 e. The quantitative estimate of drug-likeness (QED) is 0.156. The summed E-state index contributed by atoms with van der Waals surface area (Å²) in [6.07, 6.45) is 1.91. The zero-order valence-electron chi connectivity index (χ0n) is 34.2. The van der Waals surface area contributed by atoms with Crippen LogP contribution in [0.3, 0.4) is 0 Å². The first-order valence-electron chi connectivity index (χ1n) is 19.2. The highest BCUT2D eigenvalue weighted by molar-refractivity contribution is 5.80. The Labute approximate surface area is 327 Å². The molecule has 0 N–H and O–H groups in total. The molecular weight excluding hydrogens is 673 g/mol. The number of benzene rings is 5. The topological polar surface area (TPSA) is 43.2 Å². The number of nitrogens with zero attached hydrogens (tertiary/aromatic N) is 4. The van der Waals surface area contributed by atoms with Gasteiger partial charge >= 0.3 is 0 Å². The minimum absolute atomic E-state index is 0.117. The third kappa shape index (κ3) is 7.57. The van der Waals surface area contributed by atoms with Crippen LogP contribution in [-0.4, -0.2) is 14.8 Å². The van der Waals surface area contributed by atoms with Gasteiger partial charge in [0.1, 0.15) is 17.3 Å². The van der Waals surface area contributed by atoms with E-state index in [4.69, 9.17) is 14.8 Å². The van der Waals surface area contributed by atoms with Crippen LogP contribution in [0.15, 0.2) is 115 Å². The molecule has 0 atom stereocenters. The summed E-state index contributed by atoms with van der Waals surface area (Å²) in [4.78, 5) is 7.12. The second kappa shape index (κ2) is 14.7. The lowest BCUT2D eigenvalue weighted by molar-refractivity contribution is 0.478. The van der Waals surface area contributed by atoms with Gasteiger partial charge in [-0.1, -0.05) is 80.4 Å². The number of hydrogen-bond donors (Lipinski definition) is 0. The minimum atomic E-state index is -0.117. The Morgan fingerprint density at radius 1 is 0.564 bits per heavy atom. The first kappa shape index (κ1) is 37.4. The fourth-order valence-corrected chi connectivity index (χ4v) is 8.17. The molecule has 0 bridgehead atoms. The number of rotatable bonds is 8. The zero-order valence-corrected chi connectivity index (χ0v) is 34.2. The molecule has 0 radical (unpaired) electrons. The zero-order chi connectivity index (χ0) is 39.2. The van der Waals surface area contributed by atoms with Crippen molar-refractivity contribution < 1.29 is 4.74 Å². The summed E-state index contributed by atoms with van der Waals surface area (Å²) in [5.74, 6) is 2.32. The van der Waals surface area contributed by atoms with Crippen LogP contribution < -0.4 is 9.64 Å². The third-order valence-corrected chi connectivity index (χ3v) is 10.5. The molecule has 5 heteroatoms. The maximum Gasteiger partial charge on any atom is 0.138 e. The number of pyridine rings is 1. The van der Waals surface area contributed by atoms with Gasteiger partial charge in [-0.25, -0.2) is 9.67 Å². The van der Waals surface area contributed by atoms with Crippen LogP contribution in [0.2, 0.25) is 0 Å². The van der Waals surface area contributed by atoms with Gasteiger partial charge in [-0.3, -0.25) is 4.90 Å². The molecule has 0 spiro atoms. The Morgan fingerprint density at radius 3 is 1.82 bits per heavy atom. The van der Waals surface area contributed by atoms with Crippen molar-refractivity contribution in [2.24, 2.45) is 0 Å². The van der Waals surface area contributed by atoms with E-state index in [1.165, 1.54) is 55.6 Å². The van der Waals surface area contributed by atoms with E-state index >= 15 is 0 Å². The first-order valence-corrected chi connectivity index (χ1v) is 19.2. The Kier molecular flexibility index (Phi) is 10.00. The van der Waals surface area contributed by atoms with Crippen LogP contribution in [-0.2, 0) is 5.41 Å². The molecule has 2 heterocycles. The lowest BCUT2D eigenvalue weighted by Gasteiger charge is -2.25. The van der Waals surface area contributed by atoms with Gasteiger partial charge in [0.15, 0.2) is 0 Å². The Hall–Kier alpha value is -5.94. The molecule has 0 unspecified atom stereocenters. The largest absolute Gasteiger partial charge is 0.457 e. The van der Waals surface area contributed by atoms with E-state index in [1.54, 1.807) is 0 Å². The summed E-state index contributed by atoms with van der Waals surface area (Å²) in [5.41, 5.74) is 18.5. The second-order valence-corrected chi connectivity index (χ2v) is 16.1. The van der Waals surface area contributed by atoms with Crippen LogP contribution in [0.1, 0.15) is 71.1 Å². The second-order valence-electron chi connectivity index (χ2n) is 16.1. The molecule has 55 heavy (non-hydrogen) atoms. The molecule has 0 saturated heterocycles. The van der Waals surface area contributed by atoms with Crippen LogP contribution in [0.25, 0.3) is 27.9 Å². The van der Waals surface area contributed by atoms with Crippen molar-refractivity contribution in [3.63, 3.8) is 0 Å². The van der Waals surface area contributed by atoms with Crippen molar-refractivity contribution in [1.29, 1.82) is 0 Å². The summed E-state index contributed by atoms with van der Waals surface area (Å²) in [5, 5.41) is 5.13. The third-order valence-electron chi connectivity index (χ3n) is 10.5. The van der Waals surface area contributed by atoms with Crippen molar-refractivity contribution in [3.05, 3.63) is 166 Å². The summed E-state index contributed by atoms with van der Waals surface area (Å²) in [6.45, 7) is 24.1. The van der Waals surface area contributed by atoms with Crippen LogP contribution in [0, 0.1) is 55.4 Å². The van der Waals surface area contributed by atoms with Crippen molar-refractivity contribution in [1.82, 2.24) is 14.8 Å². The van der Waals surface area contributed by atoms with Gasteiger partial charge in [0.25, 0.3) is 0 Å². The van der Waals surface area contributed by atoms with Gasteiger partial charge in [0.2, 0.25) is 0 Å². The molecule has 5 aromatic carbocycles. The average Bonchev–Trinajstić information content (AvgIpc) is 3.41. The highest BCUT2D eigenvalue weighted by Gasteiger charge is 2.22. The van der Waals surface area contributed by atoms with Crippen molar-refractivity contribution in [2.75, 3.05) is 4.90 Å². The van der Waals surface area contributed by atoms with Crippen molar-refractivity contribution in [3.8, 4) is 39.4 Å². The monoisotopic (exact) mass is 724 g/mol. The lowest BCUT2D eigenvalue weighted by Crippen LogP contribution is -2.13. The average molecular weight is 725 g/mol. The van der Waals surface area contributed by atoms with Crippen LogP contribution in [0.4, 0.5) is 17.2 Å². The standard InChI is InChI=1S/C50H52N4O/c1-31-22-33(3)47(34(4)23-31)39-20-21-51-46(26-39)53(41-16-13-12-14-17-41)42-18-15-19-44(29-42)55-45-28-40(50(9,10)11)27-43(30-45)54-38(8)49(37(7)52-54)48-35(5)24-32(2)25-36(48)6/h12-30H,1-11H3. The molecule has 0 aliphatic carbocycles. The first-order chi connectivity index (χ1) is 26.2. The number of aromatic nitrogens is 3. The summed E-state index contributed by atoms with van der Waals surface area (Å²) in [6, 6.07) is 38.5. The number of ether oxygens (including phenoxy) is 1. The van der Waals surface area contributed by atoms with Gasteiger partial charge in [-0.05, 0) is 154 Å². The van der Waals surface area contributed by atoms with E-state index in [1.807, 2.05) is 24.4 Å². The maximum absolute atomic E-state index is 6.80. The molecular formula is C50H52N4O. The molecule has 0 amide bonds. The highest BCUT2D eigenvalue weighted by Crippen LogP contribution is 2.40. The van der Waals surface area contributed by atoms with Crippen LogP contribution in [0.5, 0.6) is 11.5 Å². The van der Waals surface area contributed by atoms with E-state index in [0.717, 1.165) is 51.3 Å². The van der Waals surface area contributed by atoms with Crippen molar-refractivity contribution >= 4 is 17.2 Å². The molecule has 0 aliphatic heterocycles. The summed E-state index contributed by atoms with van der Waals surface area (Å²) >= 11 is 0. The SMILES string of the molecule is Cc1cc(C)c(-c2ccnc(N(c3ccccc3)c3cccc(Oc4cc(-n5nc(C)c(-c6c(C)cc(C)cc6C)c5C)cc(C(C)(C)C)c4)c3)c2)c(C)c1. The molecule has 7 aromatic rings. The van der Waals surface area contributed by atoms with Gasteiger partial charge in [-0.15, -0.1) is 0 Å². The van der Waals surface area contributed by atoms with E-state index < -0.39 is 0 Å². The summed E-state index contributed by atoms with van der Waals surface area (Å²) in [7, 11) is 0. The van der Waals surface area contributed by atoms with Gasteiger partial charge in [0.05, 0.1) is 17.1 Å². The molecule has 2 aromatic heterocycles.